The quantitative estimate of drug-likeness (QED) is 0.805. The van der Waals surface area contributed by atoms with Crippen LogP contribution in [0.3, 0.4) is 0 Å². The van der Waals surface area contributed by atoms with E-state index in [-0.39, 0.29) is 24.8 Å². The van der Waals surface area contributed by atoms with Gasteiger partial charge in [-0.05, 0) is 18.1 Å². The van der Waals surface area contributed by atoms with Gasteiger partial charge >= 0.3 is 0 Å². The average Bonchev–Trinajstić information content (AvgIpc) is 3.01. The van der Waals surface area contributed by atoms with Crippen LogP contribution in [0.5, 0.6) is 0 Å². The first-order valence-electron chi connectivity index (χ1n) is 7.06. The van der Waals surface area contributed by atoms with E-state index >= 15 is 0 Å². The van der Waals surface area contributed by atoms with Gasteiger partial charge in [0.15, 0.2) is 0 Å². The van der Waals surface area contributed by atoms with E-state index in [1.165, 1.54) is 11.0 Å². The summed E-state index contributed by atoms with van der Waals surface area (Å²) in [6.07, 6.45) is 2.09. The minimum Gasteiger partial charge on any atom is -0.345 e. The smallest absolute Gasteiger partial charge is 0.252 e. The van der Waals surface area contributed by atoms with Gasteiger partial charge in [-0.1, -0.05) is 25.1 Å². The van der Waals surface area contributed by atoms with E-state index in [1.807, 2.05) is 31.2 Å². The number of anilines is 1. The van der Waals surface area contributed by atoms with Crippen LogP contribution < -0.4 is 10.6 Å². The number of carbonyl (C=O) groups excluding carboxylic acids is 2. The number of carbonyl (C=O) groups is 2. The fraction of sp³-hybridized carbons (Fsp3) is 0.267. The number of nitrogens with zero attached hydrogens (tertiary/aromatic N) is 4. The van der Waals surface area contributed by atoms with Crippen molar-refractivity contribution in [3.05, 3.63) is 42.0 Å². The number of amides is 2. The number of nitriles is 1. The monoisotopic (exact) mass is 312 g/mol. The summed E-state index contributed by atoms with van der Waals surface area (Å²) in [7, 11) is 0. The van der Waals surface area contributed by atoms with Gasteiger partial charge in [-0.2, -0.15) is 5.26 Å². The molecule has 8 nitrogen and oxygen atoms in total. The Balaban J connectivity index is 1.82. The summed E-state index contributed by atoms with van der Waals surface area (Å²) in [5.74, 6) is -0.708. The minimum atomic E-state index is -0.390. The molecule has 0 spiro atoms. The lowest BCUT2D eigenvalue weighted by atomic mass is 10.1. The molecule has 0 atom stereocenters. The van der Waals surface area contributed by atoms with E-state index in [0.717, 1.165) is 17.7 Å². The number of aromatic nitrogens is 3. The molecule has 0 radical (unpaired) electrons. The van der Waals surface area contributed by atoms with Crippen LogP contribution in [0.2, 0.25) is 0 Å². The van der Waals surface area contributed by atoms with Crippen molar-refractivity contribution in [2.45, 2.75) is 19.9 Å². The lowest BCUT2D eigenvalue weighted by molar-refractivity contribution is -0.124. The van der Waals surface area contributed by atoms with Crippen LogP contribution in [-0.4, -0.2) is 33.1 Å². The van der Waals surface area contributed by atoms with Crippen LogP contribution in [0.1, 0.15) is 18.3 Å². The maximum absolute atomic E-state index is 11.9. The number of hydrogen-bond donors (Lipinski definition) is 2. The van der Waals surface area contributed by atoms with Crippen LogP contribution >= 0.6 is 0 Å². The van der Waals surface area contributed by atoms with Gasteiger partial charge in [0.25, 0.3) is 5.82 Å². The first-order chi connectivity index (χ1) is 11.1. The van der Waals surface area contributed by atoms with Gasteiger partial charge in [-0.25, -0.2) is 9.67 Å². The van der Waals surface area contributed by atoms with Crippen LogP contribution in [0.25, 0.3) is 0 Å². The summed E-state index contributed by atoms with van der Waals surface area (Å²) in [5, 5.41) is 17.6. The fourth-order valence-corrected chi connectivity index (χ4v) is 1.95. The molecular weight excluding hydrogens is 296 g/mol. The summed E-state index contributed by atoms with van der Waals surface area (Å²) in [4.78, 5) is 27.3. The van der Waals surface area contributed by atoms with Crippen molar-refractivity contribution in [1.82, 2.24) is 20.1 Å². The number of nitrogens with one attached hydrogen (secondary N) is 2. The van der Waals surface area contributed by atoms with Crippen molar-refractivity contribution in [3.8, 4) is 6.07 Å². The van der Waals surface area contributed by atoms with Gasteiger partial charge in [0.2, 0.25) is 11.8 Å². The third-order valence-electron chi connectivity index (χ3n) is 3.06. The summed E-state index contributed by atoms with van der Waals surface area (Å²) >= 11 is 0. The van der Waals surface area contributed by atoms with Gasteiger partial charge in [0, 0.05) is 5.69 Å². The molecule has 1 heterocycles. The summed E-state index contributed by atoms with van der Waals surface area (Å²) in [6, 6.07) is 9.27. The minimum absolute atomic E-state index is 0.00767. The van der Waals surface area contributed by atoms with Crippen LogP contribution in [-0.2, 0) is 22.6 Å². The third-order valence-corrected chi connectivity index (χ3v) is 3.06. The Morgan fingerprint density at radius 1 is 1.30 bits per heavy atom. The molecule has 23 heavy (non-hydrogen) atoms. The molecule has 8 heteroatoms. The van der Waals surface area contributed by atoms with Crippen LogP contribution in [0.4, 0.5) is 5.69 Å². The lowest BCUT2D eigenvalue weighted by Crippen LogP contribution is -2.35. The molecule has 0 aliphatic heterocycles. The molecule has 0 saturated carbocycles. The molecule has 0 aliphatic rings. The average molecular weight is 312 g/mol. The SMILES string of the molecule is CCc1ccccc1NC(=O)CNC(=O)Cn1cnc(C#N)n1. The van der Waals surface area contributed by atoms with E-state index < -0.39 is 5.91 Å². The van der Waals surface area contributed by atoms with E-state index in [2.05, 4.69) is 20.7 Å². The van der Waals surface area contributed by atoms with Crippen LogP contribution in [0.15, 0.2) is 30.6 Å². The predicted molar refractivity (Wildman–Crippen MR) is 82.2 cm³/mol. The number of rotatable bonds is 6. The number of aryl methyl sites for hydroxylation is 1. The maximum Gasteiger partial charge on any atom is 0.252 e. The number of benzene rings is 1. The Morgan fingerprint density at radius 2 is 2.09 bits per heavy atom. The Labute approximate surface area is 133 Å². The van der Waals surface area contributed by atoms with Crippen molar-refractivity contribution in [3.63, 3.8) is 0 Å². The highest BCUT2D eigenvalue weighted by atomic mass is 16.2. The van der Waals surface area contributed by atoms with Crippen LogP contribution in [0, 0.1) is 11.3 Å². The number of para-hydroxylation sites is 1. The third kappa shape index (κ3) is 4.64. The molecule has 0 fully saturated rings. The normalized spacial score (nSPS) is 9.91. The molecule has 0 aliphatic carbocycles. The van der Waals surface area contributed by atoms with Crippen molar-refractivity contribution < 1.29 is 9.59 Å². The standard InChI is InChI=1S/C15H16N6O2/c1-2-11-5-3-4-6-12(11)19-14(22)8-17-15(23)9-21-10-18-13(7-16)20-21/h3-6,10H,2,8-9H2,1H3,(H,17,23)(H,19,22). The molecule has 0 bridgehead atoms. The molecule has 118 valence electrons. The van der Waals surface area contributed by atoms with E-state index in [4.69, 9.17) is 5.26 Å². The molecular formula is C15H16N6O2. The predicted octanol–water partition coefficient (Wildman–Crippen LogP) is 0.467. The zero-order valence-corrected chi connectivity index (χ0v) is 12.6. The Kier molecular flexibility index (Phi) is 5.41. The van der Waals surface area contributed by atoms with Gasteiger partial charge in [0.1, 0.15) is 18.9 Å². The molecule has 2 rings (SSSR count). The van der Waals surface area contributed by atoms with E-state index in [0.29, 0.717) is 0 Å². The molecule has 2 amide bonds. The molecule has 0 unspecified atom stereocenters. The second-order valence-electron chi connectivity index (χ2n) is 4.71. The summed E-state index contributed by atoms with van der Waals surface area (Å²) in [6.45, 7) is 1.75. The lowest BCUT2D eigenvalue weighted by Gasteiger charge is -2.10. The molecule has 2 aromatic rings. The maximum atomic E-state index is 11.9. The second-order valence-corrected chi connectivity index (χ2v) is 4.71. The Morgan fingerprint density at radius 3 is 2.78 bits per heavy atom. The van der Waals surface area contributed by atoms with Gasteiger partial charge < -0.3 is 10.6 Å². The molecule has 0 saturated heterocycles. The highest BCUT2D eigenvalue weighted by Crippen LogP contribution is 2.14. The highest BCUT2D eigenvalue weighted by Gasteiger charge is 2.09. The molecule has 1 aromatic heterocycles. The van der Waals surface area contributed by atoms with Crippen molar-refractivity contribution >= 4 is 17.5 Å². The second kappa shape index (κ2) is 7.70. The van der Waals surface area contributed by atoms with Crippen molar-refractivity contribution in [2.24, 2.45) is 0 Å². The zero-order valence-electron chi connectivity index (χ0n) is 12.6. The first kappa shape index (κ1) is 16.2. The van der Waals surface area contributed by atoms with Crippen molar-refractivity contribution in [2.75, 3.05) is 11.9 Å². The van der Waals surface area contributed by atoms with Gasteiger partial charge in [-0.3, -0.25) is 9.59 Å². The van der Waals surface area contributed by atoms with Gasteiger partial charge in [0.05, 0.1) is 6.54 Å². The molecule has 2 N–H and O–H groups in total. The molecule has 1 aromatic carbocycles. The largest absolute Gasteiger partial charge is 0.345 e. The van der Waals surface area contributed by atoms with Crippen molar-refractivity contribution in [1.29, 1.82) is 5.26 Å². The topological polar surface area (TPSA) is 113 Å². The van der Waals surface area contributed by atoms with E-state index in [1.54, 1.807) is 6.07 Å². The highest BCUT2D eigenvalue weighted by molar-refractivity contribution is 5.95. The summed E-state index contributed by atoms with van der Waals surface area (Å²) < 4.78 is 1.23. The van der Waals surface area contributed by atoms with Gasteiger partial charge in [-0.15, -0.1) is 5.10 Å². The number of hydrogen-bond acceptors (Lipinski definition) is 5. The zero-order chi connectivity index (χ0) is 16.7. The van der Waals surface area contributed by atoms with E-state index in [9.17, 15) is 9.59 Å². The Hall–Kier alpha value is -3.21. The first-order valence-corrected chi connectivity index (χ1v) is 7.06. The fourth-order valence-electron chi connectivity index (χ4n) is 1.95. The Bertz CT molecular complexity index is 746. The summed E-state index contributed by atoms with van der Waals surface area (Å²) in [5.41, 5.74) is 1.77.